The fourth-order valence-corrected chi connectivity index (χ4v) is 4.10. The van der Waals surface area contributed by atoms with E-state index in [0.717, 1.165) is 31.6 Å². The van der Waals surface area contributed by atoms with Gasteiger partial charge in [-0.2, -0.15) is 0 Å². The fraction of sp³-hybridized carbons (Fsp3) is 0.417. The lowest BCUT2D eigenvalue weighted by Crippen LogP contribution is -2.34. The average molecular weight is 424 g/mol. The molecule has 1 aliphatic rings. The van der Waals surface area contributed by atoms with Crippen molar-refractivity contribution < 1.29 is 19.1 Å². The van der Waals surface area contributed by atoms with Crippen LogP contribution < -0.4 is 4.74 Å². The van der Waals surface area contributed by atoms with Crippen molar-refractivity contribution in [1.82, 2.24) is 14.8 Å². The second kappa shape index (κ2) is 10.3. The molecule has 0 aliphatic carbocycles. The van der Waals surface area contributed by atoms with Gasteiger partial charge in [0.15, 0.2) is 5.78 Å². The van der Waals surface area contributed by atoms with E-state index in [4.69, 9.17) is 4.74 Å². The van der Waals surface area contributed by atoms with Gasteiger partial charge in [0.05, 0.1) is 13.2 Å². The molecule has 1 fully saturated rings. The Balaban J connectivity index is 1.90. The molecule has 0 saturated carbocycles. The Bertz CT molecular complexity index is 910. The topological polar surface area (TPSA) is 79.8 Å². The van der Waals surface area contributed by atoms with Gasteiger partial charge in [-0.05, 0) is 68.0 Å². The zero-order chi connectivity index (χ0) is 22.4. The predicted octanol–water partition coefficient (Wildman–Crippen LogP) is 2.77. The van der Waals surface area contributed by atoms with Crippen LogP contribution in [0.15, 0.2) is 48.8 Å². The summed E-state index contributed by atoms with van der Waals surface area (Å²) in [4.78, 5) is 47.1. The number of hydrogen-bond acceptors (Lipinski definition) is 6. The molecule has 7 heteroatoms. The van der Waals surface area contributed by atoms with E-state index in [9.17, 15) is 14.4 Å². The number of aromatic nitrogens is 1. The van der Waals surface area contributed by atoms with Crippen LogP contribution in [0.3, 0.4) is 0 Å². The third kappa shape index (κ3) is 4.82. The molecule has 164 valence electrons. The van der Waals surface area contributed by atoms with Gasteiger partial charge in [0.1, 0.15) is 11.7 Å². The van der Waals surface area contributed by atoms with Gasteiger partial charge >= 0.3 is 0 Å². The lowest BCUT2D eigenvalue weighted by molar-refractivity contribution is -0.140. The predicted molar refractivity (Wildman–Crippen MR) is 117 cm³/mol. The van der Waals surface area contributed by atoms with Crippen molar-refractivity contribution in [3.05, 3.63) is 59.9 Å². The van der Waals surface area contributed by atoms with E-state index in [2.05, 4.69) is 23.7 Å². The Kier molecular flexibility index (Phi) is 7.52. The van der Waals surface area contributed by atoms with E-state index in [0.29, 0.717) is 17.9 Å². The van der Waals surface area contributed by atoms with Crippen molar-refractivity contribution in [2.45, 2.75) is 26.3 Å². The number of likely N-dealkylation sites (tertiary alicyclic amines) is 1. The van der Waals surface area contributed by atoms with Gasteiger partial charge < -0.3 is 14.5 Å². The van der Waals surface area contributed by atoms with Crippen molar-refractivity contribution >= 4 is 17.5 Å². The number of carbonyl (C=O) groups excluding carboxylic acids is 3. The van der Waals surface area contributed by atoms with Gasteiger partial charge in [0.2, 0.25) is 5.78 Å². The Morgan fingerprint density at radius 3 is 2.29 bits per heavy atom. The minimum atomic E-state index is -1.07. The van der Waals surface area contributed by atoms with Crippen LogP contribution in [0.5, 0.6) is 5.75 Å². The Hall–Kier alpha value is -3.06. The number of carbonyl (C=O) groups is 3. The number of benzene rings is 1. The molecule has 2 aromatic rings. The van der Waals surface area contributed by atoms with Crippen LogP contribution in [0.2, 0.25) is 0 Å². The molecule has 3 rings (SSSR count). The van der Waals surface area contributed by atoms with Crippen LogP contribution in [0.25, 0.3) is 0 Å². The van der Waals surface area contributed by atoms with Crippen LogP contribution in [-0.2, 0) is 9.59 Å². The van der Waals surface area contributed by atoms with Gasteiger partial charge in [-0.25, -0.2) is 0 Å². The molecule has 2 atom stereocenters. The summed E-state index contributed by atoms with van der Waals surface area (Å²) >= 11 is 0. The second-order valence-electron chi connectivity index (χ2n) is 7.54. The molecule has 2 heterocycles. The van der Waals surface area contributed by atoms with Crippen molar-refractivity contribution in [3.8, 4) is 5.75 Å². The molecule has 0 radical (unpaired) electrons. The van der Waals surface area contributed by atoms with Crippen LogP contribution in [0.4, 0.5) is 0 Å². The van der Waals surface area contributed by atoms with Crippen molar-refractivity contribution in [2.24, 2.45) is 5.92 Å². The summed E-state index contributed by atoms with van der Waals surface area (Å²) in [5, 5.41) is 0. The van der Waals surface area contributed by atoms with Gasteiger partial charge in [0, 0.05) is 24.5 Å². The van der Waals surface area contributed by atoms with E-state index in [1.54, 1.807) is 60.8 Å². The molecule has 7 nitrogen and oxygen atoms in total. The highest BCUT2D eigenvalue weighted by Gasteiger charge is 2.51. The third-order valence-corrected chi connectivity index (χ3v) is 5.88. The molecule has 0 N–H and O–H groups in total. The summed E-state index contributed by atoms with van der Waals surface area (Å²) in [6.45, 7) is 7.28. The Labute approximate surface area is 183 Å². The van der Waals surface area contributed by atoms with Crippen molar-refractivity contribution in [3.63, 3.8) is 0 Å². The number of nitrogens with zero attached hydrogens (tertiary/aromatic N) is 3. The number of ketones is 2. The van der Waals surface area contributed by atoms with Crippen LogP contribution >= 0.6 is 0 Å². The molecule has 2 unspecified atom stereocenters. The number of pyridine rings is 1. The zero-order valence-corrected chi connectivity index (χ0v) is 18.3. The van der Waals surface area contributed by atoms with Crippen LogP contribution in [0.1, 0.15) is 42.2 Å². The number of rotatable bonds is 10. The van der Waals surface area contributed by atoms with E-state index in [1.165, 1.54) is 0 Å². The van der Waals surface area contributed by atoms with E-state index in [-0.39, 0.29) is 5.78 Å². The summed E-state index contributed by atoms with van der Waals surface area (Å²) in [5.74, 6) is -2.04. The van der Waals surface area contributed by atoms with E-state index < -0.39 is 23.7 Å². The monoisotopic (exact) mass is 423 g/mol. The van der Waals surface area contributed by atoms with Gasteiger partial charge in [-0.15, -0.1) is 0 Å². The molecule has 1 saturated heterocycles. The normalized spacial score (nSPS) is 18.6. The SMILES string of the molecule is CCN(CC)CCCN1C(=O)C(=O)C(C(=O)c2ccc(OC)cc2)C1c1ccncc1. The molecule has 1 amide bonds. The summed E-state index contributed by atoms with van der Waals surface area (Å²) in [5.41, 5.74) is 1.12. The standard InChI is InChI=1S/C24H29N3O4/c1-4-26(5-2)15-6-16-27-21(17-11-13-25-14-12-17)20(23(29)24(27)30)22(28)18-7-9-19(31-3)10-8-18/h7-14,20-21H,4-6,15-16H2,1-3H3. The first-order chi connectivity index (χ1) is 15.0. The molecule has 0 spiro atoms. The minimum absolute atomic E-state index is 0.353. The molecule has 31 heavy (non-hydrogen) atoms. The quantitative estimate of drug-likeness (QED) is 0.332. The van der Waals surface area contributed by atoms with Crippen molar-refractivity contribution in [1.29, 1.82) is 0 Å². The van der Waals surface area contributed by atoms with E-state index in [1.807, 2.05) is 0 Å². The van der Waals surface area contributed by atoms with Crippen LogP contribution in [-0.4, -0.2) is 65.5 Å². The first-order valence-electron chi connectivity index (χ1n) is 10.7. The molecule has 1 aromatic heterocycles. The lowest BCUT2D eigenvalue weighted by Gasteiger charge is -2.28. The first kappa shape index (κ1) is 22.6. The lowest BCUT2D eigenvalue weighted by atomic mass is 9.86. The fourth-order valence-electron chi connectivity index (χ4n) is 4.10. The van der Waals surface area contributed by atoms with Gasteiger partial charge in [-0.1, -0.05) is 13.8 Å². The average Bonchev–Trinajstić information content (AvgIpc) is 3.07. The largest absolute Gasteiger partial charge is 0.497 e. The minimum Gasteiger partial charge on any atom is -0.497 e. The number of ether oxygens (including phenoxy) is 1. The Morgan fingerprint density at radius 1 is 1.06 bits per heavy atom. The second-order valence-corrected chi connectivity index (χ2v) is 7.54. The van der Waals surface area contributed by atoms with Gasteiger partial charge in [0.25, 0.3) is 5.91 Å². The summed E-state index contributed by atoms with van der Waals surface area (Å²) in [6, 6.07) is 9.52. The van der Waals surface area contributed by atoms with E-state index >= 15 is 0 Å². The zero-order valence-electron chi connectivity index (χ0n) is 18.3. The number of amides is 1. The highest BCUT2D eigenvalue weighted by Crippen LogP contribution is 2.38. The summed E-state index contributed by atoms with van der Waals surface area (Å²) < 4.78 is 5.15. The third-order valence-electron chi connectivity index (χ3n) is 5.88. The maximum absolute atomic E-state index is 13.3. The van der Waals surface area contributed by atoms with Crippen molar-refractivity contribution in [2.75, 3.05) is 33.3 Å². The first-order valence-corrected chi connectivity index (χ1v) is 10.7. The number of Topliss-reactive ketones (excluding diaryl/α,β-unsaturated/α-hetero) is 2. The van der Waals surface area contributed by atoms with Gasteiger partial charge in [-0.3, -0.25) is 19.4 Å². The number of methoxy groups -OCH3 is 1. The molecule has 0 bridgehead atoms. The maximum Gasteiger partial charge on any atom is 0.291 e. The Morgan fingerprint density at radius 2 is 1.71 bits per heavy atom. The van der Waals surface area contributed by atoms with Crippen LogP contribution in [0, 0.1) is 5.92 Å². The highest BCUT2D eigenvalue weighted by atomic mass is 16.5. The molecule has 1 aromatic carbocycles. The highest BCUT2D eigenvalue weighted by molar-refractivity contribution is 6.44. The molecule has 1 aliphatic heterocycles. The number of hydrogen-bond donors (Lipinski definition) is 0. The summed E-state index contributed by atoms with van der Waals surface area (Å²) in [7, 11) is 1.55. The summed E-state index contributed by atoms with van der Waals surface area (Å²) in [6.07, 6.45) is 3.96. The molecular formula is C24H29N3O4. The smallest absolute Gasteiger partial charge is 0.291 e. The molecular weight excluding hydrogens is 394 g/mol. The maximum atomic E-state index is 13.3.